The van der Waals surface area contributed by atoms with Crippen LogP contribution in [0.1, 0.15) is 20.3 Å². The average molecular weight is 232 g/mol. The Morgan fingerprint density at radius 2 is 1.93 bits per heavy atom. The van der Waals surface area contributed by atoms with Gasteiger partial charge in [0.25, 0.3) is 0 Å². The summed E-state index contributed by atoms with van der Waals surface area (Å²) in [6, 6.07) is 0. The van der Waals surface area contributed by atoms with Gasteiger partial charge in [0.1, 0.15) is 0 Å². The van der Waals surface area contributed by atoms with Crippen molar-refractivity contribution in [3.63, 3.8) is 0 Å². The van der Waals surface area contributed by atoms with Crippen molar-refractivity contribution < 1.29 is 19.1 Å². The molecule has 0 atom stereocenters. The van der Waals surface area contributed by atoms with E-state index in [-0.39, 0.29) is 5.97 Å². The van der Waals surface area contributed by atoms with E-state index >= 15 is 0 Å². The summed E-state index contributed by atoms with van der Waals surface area (Å²) in [5.74, 6) is 2.89. The van der Waals surface area contributed by atoms with E-state index in [9.17, 15) is 9.59 Å². The zero-order valence-electron chi connectivity index (χ0n) is 9.08. The molecule has 0 aromatic carbocycles. The highest BCUT2D eigenvalue weighted by Crippen LogP contribution is 2.08. The van der Waals surface area contributed by atoms with Crippen LogP contribution in [0.5, 0.6) is 0 Å². The van der Waals surface area contributed by atoms with Crippen LogP contribution in [0.15, 0.2) is 5.76 Å². The van der Waals surface area contributed by atoms with Gasteiger partial charge in [0.05, 0.1) is 25.4 Å². The predicted molar refractivity (Wildman–Crippen MR) is 59.4 cm³/mol. The Kier molecular flexibility index (Phi) is 9.02. The summed E-state index contributed by atoms with van der Waals surface area (Å²) in [5.41, 5.74) is 0. The molecule has 0 aliphatic heterocycles. The lowest BCUT2D eigenvalue weighted by Crippen LogP contribution is -2.05. The molecule has 0 aromatic rings. The summed E-state index contributed by atoms with van der Waals surface area (Å²) >= 11 is 1.45. The molecule has 0 bridgehead atoms. The Hall–Kier alpha value is -0.930. The first-order valence-corrected chi connectivity index (χ1v) is 6.00. The Balaban J connectivity index is 3.53. The number of rotatable bonds is 8. The Morgan fingerprint density at radius 3 is 2.47 bits per heavy atom. The normalized spacial score (nSPS) is 9.20. The molecule has 86 valence electrons. The molecular formula is C10H16O4S. The minimum absolute atomic E-state index is 0.210. The lowest BCUT2D eigenvalue weighted by molar-refractivity contribution is -0.142. The Bertz CT molecular complexity index is 234. The molecule has 0 rings (SSSR count). The maximum Gasteiger partial charge on any atom is 0.306 e. The molecule has 0 spiro atoms. The molecule has 0 aliphatic carbocycles. The fourth-order valence-electron chi connectivity index (χ4n) is 0.828. The van der Waals surface area contributed by atoms with Gasteiger partial charge in [-0.1, -0.05) is 0 Å². The van der Waals surface area contributed by atoms with E-state index in [4.69, 9.17) is 9.47 Å². The van der Waals surface area contributed by atoms with Gasteiger partial charge in [0.2, 0.25) is 0 Å². The molecule has 0 fully saturated rings. The van der Waals surface area contributed by atoms with Crippen molar-refractivity contribution in [3.05, 3.63) is 5.76 Å². The summed E-state index contributed by atoms with van der Waals surface area (Å²) in [6.07, 6.45) is 0.358. The molecule has 4 nitrogen and oxygen atoms in total. The largest absolute Gasteiger partial charge is 0.486 e. The lowest BCUT2D eigenvalue weighted by Gasteiger charge is -2.04. The van der Waals surface area contributed by atoms with Crippen molar-refractivity contribution in [2.45, 2.75) is 20.3 Å². The number of thioether (sulfide) groups is 1. The number of carbonyl (C=O) groups excluding carboxylic acids is 2. The van der Waals surface area contributed by atoms with E-state index < -0.39 is 0 Å². The van der Waals surface area contributed by atoms with Crippen LogP contribution < -0.4 is 0 Å². The maximum atomic E-state index is 10.9. The van der Waals surface area contributed by atoms with Gasteiger partial charge in [-0.2, -0.15) is 11.8 Å². The van der Waals surface area contributed by atoms with Gasteiger partial charge in [-0.3, -0.25) is 4.79 Å². The zero-order chi connectivity index (χ0) is 11.5. The van der Waals surface area contributed by atoms with Crippen molar-refractivity contribution in [2.75, 3.05) is 24.7 Å². The average Bonchev–Trinajstić information content (AvgIpc) is 2.23. The quantitative estimate of drug-likeness (QED) is 0.274. The van der Waals surface area contributed by atoms with E-state index in [0.29, 0.717) is 36.9 Å². The van der Waals surface area contributed by atoms with Crippen LogP contribution in [0.2, 0.25) is 0 Å². The van der Waals surface area contributed by atoms with E-state index in [0.717, 1.165) is 0 Å². The monoisotopic (exact) mass is 232 g/mol. The van der Waals surface area contributed by atoms with Gasteiger partial charge in [-0.25, -0.2) is 4.79 Å². The summed E-state index contributed by atoms with van der Waals surface area (Å²) in [7, 11) is 0. The van der Waals surface area contributed by atoms with Gasteiger partial charge in [-0.15, -0.1) is 0 Å². The Labute approximate surface area is 94.0 Å². The van der Waals surface area contributed by atoms with Crippen LogP contribution in [-0.2, 0) is 19.1 Å². The third-order valence-electron chi connectivity index (χ3n) is 1.42. The predicted octanol–water partition coefficient (Wildman–Crippen LogP) is 1.42. The standard InChI is InChI=1S/C10H16O4S/c1-3-13-9(7-11)8-15-6-5-10(12)14-4-2/h3-6,8H2,1-2H3. The minimum atomic E-state index is -0.210. The van der Waals surface area contributed by atoms with Crippen molar-refractivity contribution >= 4 is 23.7 Å². The van der Waals surface area contributed by atoms with Crippen LogP contribution in [0.25, 0.3) is 0 Å². The molecule has 0 aromatic heterocycles. The zero-order valence-corrected chi connectivity index (χ0v) is 9.89. The number of hydrogen-bond donors (Lipinski definition) is 0. The first kappa shape index (κ1) is 14.1. The van der Waals surface area contributed by atoms with E-state index in [1.165, 1.54) is 11.8 Å². The topological polar surface area (TPSA) is 52.6 Å². The highest BCUT2D eigenvalue weighted by atomic mass is 32.2. The molecule has 5 heteroatoms. The fraction of sp³-hybridized carbons (Fsp3) is 0.700. The van der Waals surface area contributed by atoms with Crippen LogP contribution in [0, 0.1) is 0 Å². The van der Waals surface area contributed by atoms with Crippen molar-refractivity contribution in [3.8, 4) is 0 Å². The van der Waals surface area contributed by atoms with Crippen LogP contribution in [0.3, 0.4) is 0 Å². The number of carbonyl (C=O) groups is 1. The van der Waals surface area contributed by atoms with Crippen LogP contribution in [0.4, 0.5) is 0 Å². The molecule has 0 saturated carbocycles. The summed E-state index contributed by atoms with van der Waals surface area (Å²) in [6.45, 7) is 4.44. The minimum Gasteiger partial charge on any atom is -0.486 e. The van der Waals surface area contributed by atoms with Gasteiger partial charge < -0.3 is 9.47 Å². The molecule has 0 saturated heterocycles. The second-order valence-electron chi connectivity index (χ2n) is 2.57. The third kappa shape index (κ3) is 8.09. The highest BCUT2D eigenvalue weighted by molar-refractivity contribution is 7.99. The first-order chi connectivity index (χ1) is 7.24. The first-order valence-electron chi connectivity index (χ1n) is 4.84. The fourth-order valence-corrected chi connectivity index (χ4v) is 1.61. The van der Waals surface area contributed by atoms with Crippen LogP contribution in [-0.4, -0.2) is 36.6 Å². The van der Waals surface area contributed by atoms with E-state index in [1.54, 1.807) is 19.8 Å². The smallest absolute Gasteiger partial charge is 0.306 e. The molecule has 0 radical (unpaired) electrons. The highest BCUT2D eigenvalue weighted by Gasteiger charge is 2.03. The van der Waals surface area contributed by atoms with E-state index in [2.05, 4.69) is 0 Å². The number of ether oxygens (including phenoxy) is 2. The van der Waals surface area contributed by atoms with Gasteiger partial charge in [-0.05, 0) is 13.8 Å². The van der Waals surface area contributed by atoms with Crippen molar-refractivity contribution in [2.24, 2.45) is 0 Å². The molecule has 0 amide bonds. The summed E-state index contributed by atoms with van der Waals surface area (Å²) in [4.78, 5) is 21.3. The van der Waals surface area contributed by atoms with E-state index in [1.807, 2.05) is 0 Å². The molecule has 0 heterocycles. The maximum absolute atomic E-state index is 10.9. The van der Waals surface area contributed by atoms with Crippen LogP contribution >= 0.6 is 11.8 Å². The lowest BCUT2D eigenvalue weighted by atomic mass is 10.5. The van der Waals surface area contributed by atoms with Crippen molar-refractivity contribution in [1.82, 2.24) is 0 Å². The molecule has 0 N–H and O–H groups in total. The van der Waals surface area contributed by atoms with Gasteiger partial charge in [0.15, 0.2) is 11.7 Å². The number of hydrogen-bond acceptors (Lipinski definition) is 5. The number of esters is 1. The molecular weight excluding hydrogens is 216 g/mol. The molecule has 0 aliphatic rings. The molecule has 0 unspecified atom stereocenters. The third-order valence-corrected chi connectivity index (χ3v) is 2.38. The Morgan fingerprint density at radius 1 is 1.27 bits per heavy atom. The second kappa shape index (κ2) is 9.62. The summed E-state index contributed by atoms with van der Waals surface area (Å²) < 4.78 is 9.76. The second-order valence-corrected chi connectivity index (χ2v) is 3.67. The van der Waals surface area contributed by atoms with Crippen molar-refractivity contribution in [1.29, 1.82) is 0 Å². The van der Waals surface area contributed by atoms with Gasteiger partial charge in [0, 0.05) is 5.75 Å². The van der Waals surface area contributed by atoms with Gasteiger partial charge >= 0.3 is 5.97 Å². The SMILES string of the molecule is CCOC(=O)CCSCC(=C=O)OCC. The molecule has 15 heavy (non-hydrogen) atoms. The summed E-state index contributed by atoms with van der Waals surface area (Å²) in [5, 5.41) is 0.